The number of fused-ring (bicyclic) bond motifs is 12. The number of para-hydroxylation sites is 3. The number of ether oxygens (including phenoxy) is 1. The van der Waals surface area contributed by atoms with Crippen LogP contribution in [-0.2, 0) is 5.41 Å². The maximum Gasteiger partial charge on any atom is 0.333 e. The molecule has 0 fully saturated rings. The molecular formula is C53H39BN2OS2. The minimum Gasteiger partial charge on any atom is -0.455 e. The zero-order valence-corrected chi connectivity index (χ0v) is 34.9. The first-order valence-corrected chi connectivity index (χ1v) is 23.7. The van der Waals surface area contributed by atoms with Crippen LogP contribution in [0.2, 0.25) is 0 Å². The molecule has 4 heterocycles. The Morgan fingerprint density at radius 1 is 0.559 bits per heavy atom. The fraction of sp³-hybridized carbons (Fsp3) is 0.0943. The Balaban J connectivity index is 1.17. The van der Waals surface area contributed by atoms with Crippen molar-refractivity contribution in [3.05, 3.63) is 175 Å². The Kier molecular flexibility index (Phi) is 6.76. The second kappa shape index (κ2) is 11.8. The molecule has 0 radical (unpaired) electrons. The number of benzene rings is 8. The van der Waals surface area contributed by atoms with Crippen LogP contribution < -0.4 is 25.4 Å². The van der Waals surface area contributed by atoms with Crippen molar-refractivity contribution in [2.45, 2.75) is 38.8 Å². The molecule has 13 rings (SSSR count). The van der Waals surface area contributed by atoms with Crippen LogP contribution in [0, 0.1) is 0 Å². The summed E-state index contributed by atoms with van der Waals surface area (Å²) in [7, 11) is -1.36. The first-order chi connectivity index (χ1) is 28.8. The molecule has 0 aromatic heterocycles. The zero-order chi connectivity index (χ0) is 39.4. The van der Waals surface area contributed by atoms with E-state index in [0.717, 1.165) is 21.3 Å². The minimum atomic E-state index is -1.36. The van der Waals surface area contributed by atoms with E-state index in [-0.39, 0.29) is 12.3 Å². The summed E-state index contributed by atoms with van der Waals surface area (Å²) in [4.78, 5) is 10.5. The van der Waals surface area contributed by atoms with E-state index in [4.69, 9.17) is 4.74 Å². The highest BCUT2D eigenvalue weighted by molar-refractivity contribution is 8.33. The number of nitrogens with zero attached hydrogens (tertiary/aromatic N) is 2. The fourth-order valence-corrected chi connectivity index (χ4v) is 14.3. The minimum absolute atomic E-state index is 0.0774. The van der Waals surface area contributed by atoms with Gasteiger partial charge >= 0.3 is 6.85 Å². The third-order valence-corrected chi connectivity index (χ3v) is 17.5. The van der Waals surface area contributed by atoms with E-state index in [1.807, 2.05) is 0 Å². The molecule has 0 N–H and O–H groups in total. The van der Waals surface area contributed by atoms with Crippen LogP contribution in [0.1, 0.15) is 25.0 Å². The largest absolute Gasteiger partial charge is 0.455 e. The maximum absolute atomic E-state index is 6.79. The number of anilines is 5. The second-order valence-corrected chi connectivity index (χ2v) is 21.9. The van der Waals surface area contributed by atoms with Crippen molar-refractivity contribution in [3.63, 3.8) is 0 Å². The summed E-state index contributed by atoms with van der Waals surface area (Å²) >= 11 is 1.81. The van der Waals surface area contributed by atoms with Crippen LogP contribution in [0.25, 0.3) is 33.4 Å². The predicted octanol–water partition coefficient (Wildman–Crippen LogP) is 13.4. The van der Waals surface area contributed by atoms with Gasteiger partial charge in [0.2, 0.25) is 0 Å². The zero-order valence-electron chi connectivity index (χ0n) is 33.3. The smallest absolute Gasteiger partial charge is 0.333 e. The van der Waals surface area contributed by atoms with Gasteiger partial charge in [-0.25, -0.2) is 0 Å². The molecule has 282 valence electrons. The van der Waals surface area contributed by atoms with Crippen LogP contribution in [0.5, 0.6) is 11.5 Å². The molecule has 6 heteroatoms. The van der Waals surface area contributed by atoms with Crippen LogP contribution in [0.4, 0.5) is 28.4 Å². The van der Waals surface area contributed by atoms with E-state index < -0.39 is 10.0 Å². The van der Waals surface area contributed by atoms with E-state index >= 15 is 0 Å². The lowest BCUT2D eigenvalue weighted by molar-refractivity contribution is 0.455. The molecule has 0 saturated carbocycles. The molecule has 0 unspecified atom stereocenters. The Hall–Kier alpha value is -6.08. The van der Waals surface area contributed by atoms with Gasteiger partial charge in [0.15, 0.2) is 0 Å². The summed E-state index contributed by atoms with van der Waals surface area (Å²) in [6, 6.07) is 61.2. The van der Waals surface area contributed by atoms with Gasteiger partial charge in [0.05, 0.1) is 21.2 Å². The molecule has 0 atom stereocenters. The molecule has 0 amide bonds. The fourth-order valence-electron chi connectivity index (χ4n) is 10.9. The van der Waals surface area contributed by atoms with Gasteiger partial charge in [0.25, 0.3) is 0 Å². The summed E-state index contributed by atoms with van der Waals surface area (Å²) in [6.45, 7) is 4.81. The molecule has 4 aliphatic heterocycles. The van der Waals surface area contributed by atoms with Gasteiger partial charge in [-0.05, 0) is 123 Å². The van der Waals surface area contributed by atoms with Gasteiger partial charge in [-0.15, -0.1) is 0 Å². The summed E-state index contributed by atoms with van der Waals surface area (Å²) in [5, 5.41) is 0. The first kappa shape index (κ1) is 33.9. The third kappa shape index (κ3) is 4.43. The molecule has 0 saturated heterocycles. The lowest BCUT2D eigenvalue weighted by Crippen LogP contribution is -2.62. The lowest BCUT2D eigenvalue weighted by Gasteiger charge is -2.52. The van der Waals surface area contributed by atoms with Gasteiger partial charge in [0, 0.05) is 37.8 Å². The molecule has 1 aliphatic carbocycles. The van der Waals surface area contributed by atoms with Crippen molar-refractivity contribution in [1.29, 1.82) is 0 Å². The van der Waals surface area contributed by atoms with Crippen LogP contribution in [0.15, 0.2) is 183 Å². The van der Waals surface area contributed by atoms with E-state index in [2.05, 4.69) is 200 Å². The number of rotatable bonds is 2. The summed E-state index contributed by atoms with van der Waals surface area (Å²) < 4.78 is 6.79. The average Bonchev–Trinajstić information content (AvgIpc) is 3.50. The van der Waals surface area contributed by atoms with Gasteiger partial charge in [-0.2, -0.15) is 10.0 Å². The highest BCUT2D eigenvalue weighted by atomic mass is 32.3. The quantitative estimate of drug-likeness (QED) is 0.162. The monoisotopic (exact) mass is 794 g/mol. The van der Waals surface area contributed by atoms with Crippen molar-refractivity contribution in [2.75, 3.05) is 22.2 Å². The Morgan fingerprint density at radius 2 is 1.29 bits per heavy atom. The Labute approximate surface area is 351 Å². The van der Waals surface area contributed by atoms with Crippen molar-refractivity contribution >= 4 is 68.0 Å². The molecule has 8 aromatic rings. The van der Waals surface area contributed by atoms with Gasteiger partial charge in [-0.1, -0.05) is 129 Å². The number of hydrogen-bond donors (Lipinski definition) is 0. The predicted molar refractivity (Wildman–Crippen MR) is 250 cm³/mol. The maximum atomic E-state index is 6.79. The highest BCUT2D eigenvalue weighted by Crippen LogP contribution is 2.69. The first-order valence-electron chi connectivity index (χ1n) is 20.4. The van der Waals surface area contributed by atoms with Crippen molar-refractivity contribution in [2.24, 2.45) is 0 Å². The van der Waals surface area contributed by atoms with Gasteiger partial charge in [-0.3, -0.25) is 0 Å². The van der Waals surface area contributed by atoms with Crippen LogP contribution in [-0.4, -0.2) is 19.4 Å². The average molecular weight is 795 g/mol. The summed E-state index contributed by atoms with van der Waals surface area (Å²) in [5.41, 5.74) is 19.2. The van der Waals surface area contributed by atoms with Crippen molar-refractivity contribution in [3.8, 4) is 44.9 Å². The standard InChI is InChI=1S/C53H39BN2OS2/c1-53(2)39-18-9-8-17-35(39)37-29-38-36-30-44-46(58-45-22-12-11-21-43(45)57-44)31-42(36)56(34-27-25-33(26-28-34)32-15-6-5-7-16-32)54-40-19-14-24-48-51(40)55(52(49(37)53)50(38)54)41-20-10-13-23-47(41)59(48,3)4/h5-31H,1-4H3. The summed E-state index contributed by atoms with van der Waals surface area (Å²) in [5.74, 6) is 1.82. The second-order valence-electron chi connectivity index (χ2n) is 17.3. The Bertz CT molecular complexity index is 3140. The lowest BCUT2D eigenvalue weighted by atomic mass is 9.43. The molecular weight excluding hydrogens is 756 g/mol. The molecule has 0 spiro atoms. The van der Waals surface area contributed by atoms with Crippen LogP contribution >= 0.6 is 21.8 Å². The third-order valence-electron chi connectivity index (χ3n) is 13.5. The van der Waals surface area contributed by atoms with Gasteiger partial charge < -0.3 is 14.4 Å². The topological polar surface area (TPSA) is 15.7 Å². The SMILES string of the molecule is CC1(C)c2ccccc2-c2cc3c4c(c21)N1c2ccccc2S(C)(C)c2cccc(c21)B4N(c1ccc(-c2ccccc2)cc1)c1cc2c(cc1-3)Oc1ccccc1S2. The van der Waals surface area contributed by atoms with Crippen molar-refractivity contribution < 1.29 is 4.74 Å². The highest BCUT2D eigenvalue weighted by Gasteiger charge is 2.52. The molecule has 59 heavy (non-hydrogen) atoms. The molecule has 0 bridgehead atoms. The van der Waals surface area contributed by atoms with Crippen molar-refractivity contribution in [1.82, 2.24) is 0 Å². The van der Waals surface area contributed by atoms with Gasteiger partial charge in [0.1, 0.15) is 11.5 Å². The molecule has 5 aliphatic rings. The van der Waals surface area contributed by atoms with Crippen LogP contribution in [0.3, 0.4) is 0 Å². The Morgan fingerprint density at radius 3 is 2.15 bits per heavy atom. The van der Waals surface area contributed by atoms with E-state index in [1.165, 1.54) is 93.7 Å². The summed E-state index contributed by atoms with van der Waals surface area (Å²) in [6.07, 6.45) is 4.99. The van der Waals surface area contributed by atoms with E-state index in [9.17, 15) is 0 Å². The van der Waals surface area contributed by atoms with E-state index in [0.29, 0.717) is 0 Å². The van der Waals surface area contributed by atoms with E-state index in [1.54, 1.807) is 11.8 Å². The molecule has 3 nitrogen and oxygen atoms in total. The normalized spacial score (nSPS) is 16.6. The number of hydrogen-bond acceptors (Lipinski definition) is 4. The molecule has 8 aromatic carbocycles.